The molecule has 1 aliphatic carbocycles. The van der Waals surface area contributed by atoms with E-state index < -0.39 is 11.9 Å². The van der Waals surface area contributed by atoms with Gasteiger partial charge < -0.3 is 10.4 Å². The Morgan fingerprint density at radius 3 is 2.92 bits per heavy atom. The number of nitrogens with one attached hydrogen (secondary N) is 1. The van der Waals surface area contributed by atoms with Crippen LogP contribution in [0.1, 0.15) is 47.5 Å². The number of nitrogens with zero attached hydrogens (tertiary/aromatic N) is 3. The fourth-order valence-corrected chi connectivity index (χ4v) is 3.76. The van der Waals surface area contributed by atoms with Crippen LogP contribution in [0.25, 0.3) is 0 Å². The number of carboxylic acids is 1. The first kappa shape index (κ1) is 16.6. The third kappa shape index (κ3) is 4.00. The van der Waals surface area contributed by atoms with Crippen LogP contribution in [0.15, 0.2) is 23.7 Å². The van der Waals surface area contributed by atoms with E-state index in [0.29, 0.717) is 19.4 Å². The topological polar surface area (TPSA) is 97.1 Å². The molecule has 7 nitrogen and oxygen atoms in total. The second-order valence-electron chi connectivity index (χ2n) is 6.04. The molecule has 2 atom stereocenters. The van der Waals surface area contributed by atoms with E-state index in [0.717, 1.165) is 24.1 Å². The summed E-state index contributed by atoms with van der Waals surface area (Å²) in [5.74, 6) is -1.73. The molecule has 1 fully saturated rings. The van der Waals surface area contributed by atoms with Crippen molar-refractivity contribution in [2.75, 3.05) is 0 Å². The summed E-state index contributed by atoms with van der Waals surface area (Å²) in [6, 6.07) is 3.61. The third-order valence-electron chi connectivity index (χ3n) is 4.32. The van der Waals surface area contributed by atoms with Crippen LogP contribution < -0.4 is 5.32 Å². The predicted molar refractivity (Wildman–Crippen MR) is 88.9 cm³/mol. The van der Waals surface area contributed by atoms with E-state index >= 15 is 0 Å². The summed E-state index contributed by atoms with van der Waals surface area (Å²) in [7, 11) is 0. The van der Waals surface area contributed by atoms with E-state index in [-0.39, 0.29) is 17.6 Å². The maximum atomic E-state index is 12.4. The van der Waals surface area contributed by atoms with E-state index in [2.05, 4.69) is 15.6 Å². The molecule has 1 amide bonds. The van der Waals surface area contributed by atoms with Crippen molar-refractivity contribution in [2.24, 2.45) is 5.92 Å². The highest BCUT2D eigenvalue weighted by molar-refractivity contribution is 7.09. The molecular weight excluding hydrogens is 328 g/mol. The number of thiophene rings is 1. The van der Waals surface area contributed by atoms with Crippen molar-refractivity contribution in [1.82, 2.24) is 20.3 Å². The zero-order valence-electron chi connectivity index (χ0n) is 13.2. The first-order chi connectivity index (χ1) is 11.6. The lowest BCUT2D eigenvalue weighted by Crippen LogP contribution is -2.43. The number of amides is 1. The van der Waals surface area contributed by atoms with Crippen LogP contribution in [0.3, 0.4) is 0 Å². The van der Waals surface area contributed by atoms with E-state index in [4.69, 9.17) is 0 Å². The molecule has 0 aliphatic heterocycles. The molecular formula is C16H20N4O3S. The summed E-state index contributed by atoms with van der Waals surface area (Å²) in [5.41, 5.74) is 0.222. The number of aromatic nitrogens is 3. The van der Waals surface area contributed by atoms with Gasteiger partial charge in [-0.05, 0) is 24.3 Å². The van der Waals surface area contributed by atoms with Crippen molar-refractivity contribution in [3.05, 3.63) is 34.3 Å². The van der Waals surface area contributed by atoms with Gasteiger partial charge in [-0.2, -0.15) is 0 Å². The molecule has 2 aromatic rings. The maximum absolute atomic E-state index is 12.4. The summed E-state index contributed by atoms with van der Waals surface area (Å²) < 4.78 is 1.61. The highest BCUT2D eigenvalue weighted by atomic mass is 32.1. The highest BCUT2D eigenvalue weighted by Crippen LogP contribution is 2.24. The van der Waals surface area contributed by atoms with E-state index in [1.807, 2.05) is 17.5 Å². The molecule has 1 aliphatic rings. The van der Waals surface area contributed by atoms with Gasteiger partial charge in [-0.3, -0.25) is 9.59 Å². The molecule has 1 saturated carbocycles. The SMILES string of the molecule is O=C(N[C@H]1CCCCC[C@H]1C(=O)O)c1cn(Cc2cccs2)nn1. The summed E-state index contributed by atoms with van der Waals surface area (Å²) in [6.07, 6.45) is 5.71. The van der Waals surface area contributed by atoms with Crippen LogP contribution in [0.2, 0.25) is 0 Å². The van der Waals surface area contributed by atoms with Crippen LogP contribution in [0.4, 0.5) is 0 Å². The maximum Gasteiger partial charge on any atom is 0.308 e. The van der Waals surface area contributed by atoms with Crippen LogP contribution >= 0.6 is 11.3 Å². The van der Waals surface area contributed by atoms with Gasteiger partial charge in [0, 0.05) is 10.9 Å². The predicted octanol–water partition coefficient (Wildman–Crippen LogP) is 2.15. The average molecular weight is 348 g/mol. The number of hydrogen-bond donors (Lipinski definition) is 2. The fraction of sp³-hybridized carbons (Fsp3) is 0.500. The zero-order valence-corrected chi connectivity index (χ0v) is 14.0. The Bertz CT molecular complexity index is 698. The number of rotatable bonds is 5. The Balaban J connectivity index is 1.65. The number of carboxylic acid groups (broad SMARTS) is 1. The van der Waals surface area contributed by atoms with Gasteiger partial charge in [0.2, 0.25) is 0 Å². The minimum absolute atomic E-state index is 0.222. The zero-order chi connectivity index (χ0) is 16.9. The fourth-order valence-electron chi connectivity index (χ4n) is 3.06. The first-order valence-corrected chi connectivity index (χ1v) is 8.97. The molecule has 128 valence electrons. The summed E-state index contributed by atoms with van der Waals surface area (Å²) in [5, 5.41) is 22.1. The molecule has 24 heavy (non-hydrogen) atoms. The second kappa shape index (κ2) is 7.57. The van der Waals surface area contributed by atoms with Crippen LogP contribution in [-0.2, 0) is 11.3 Å². The number of aliphatic carboxylic acids is 1. The van der Waals surface area contributed by atoms with Gasteiger partial charge in [0.1, 0.15) is 0 Å². The quantitative estimate of drug-likeness (QED) is 0.807. The normalized spacial score (nSPS) is 21.2. The summed E-state index contributed by atoms with van der Waals surface area (Å²) in [6.45, 7) is 0.569. The van der Waals surface area contributed by atoms with Gasteiger partial charge in [0.25, 0.3) is 5.91 Å². The largest absolute Gasteiger partial charge is 0.481 e. The molecule has 8 heteroatoms. The smallest absolute Gasteiger partial charge is 0.308 e. The highest BCUT2D eigenvalue weighted by Gasteiger charge is 2.31. The van der Waals surface area contributed by atoms with E-state index in [1.165, 1.54) is 0 Å². The van der Waals surface area contributed by atoms with Crippen molar-refractivity contribution < 1.29 is 14.7 Å². The van der Waals surface area contributed by atoms with Gasteiger partial charge in [0.05, 0.1) is 18.7 Å². The third-order valence-corrected chi connectivity index (χ3v) is 5.18. The Morgan fingerprint density at radius 2 is 2.17 bits per heavy atom. The van der Waals surface area contributed by atoms with Gasteiger partial charge in [-0.1, -0.05) is 30.5 Å². The minimum atomic E-state index is -0.844. The Kier molecular flexibility index (Phi) is 5.24. The number of hydrogen-bond acceptors (Lipinski definition) is 5. The van der Waals surface area contributed by atoms with Crippen LogP contribution in [-0.4, -0.2) is 38.0 Å². The Morgan fingerprint density at radius 1 is 1.33 bits per heavy atom. The number of carbonyl (C=O) groups is 2. The molecule has 2 aromatic heterocycles. The lowest BCUT2D eigenvalue weighted by molar-refractivity contribution is -0.142. The van der Waals surface area contributed by atoms with E-state index in [1.54, 1.807) is 22.2 Å². The molecule has 0 radical (unpaired) electrons. The minimum Gasteiger partial charge on any atom is -0.481 e. The second-order valence-corrected chi connectivity index (χ2v) is 7.08. The van der Waals surface area contributed by atoms with Crippen molar-refractivity contribution >= 4 is 23.2 Å². The molecule has 0 spiro atoms. The van der Waals surface area contributed by atoms with Crippen LogP contribution in [0.5, 0.6) is 0 Å². The molecule has 2 N–H and O–H groups in total. The Labute approximate surface area is 143 Å². The van der Waals surface area contributed by atoms with Gasteiger partial charge in [0.15, 0.2) is 5.69 Å². The average Bonchev–Trinajstić information content (AvgIpc) is 3.17. The molecule has 0 saturated heterocycles. The van der Waals surface area contributed by atoms with Crippen molar-refractivity contribution in [3.63, 3.8) is 0 Å². The molecule has 0 aromatic carbocycles. The summed E-state index contributed by atoms with van der Waals surface area (Å²) >= 11 is 1.62. The number of carbonyl (C=O) groups excluding carboxylic acids is 1. The summed E-state index contributed by atoms with van der Waals surface area (Å²) in [4.78, 5) is 25.0. The standard InChI is InChI=1S/C16H20N4O3S/c21-15(17-13-7-3-1-2-6-12(13)16(22)23)14-10-20(19-18-14)9-11-5-4-8-24-11/h4-5,8,10,12-13H,1-3,6-7,9H2,(H,17,21)(H,22,23)/t12-,13+/m1/s1. The molecule has 2 heterocycles. The Hall–Kier alpha value is -2.22. The molecule has 0 unspecified atom stereocenters. The monoisotopic (exact) mass is 348 g/mol. The van der Waals surface area contributed by atoms with Gasteiger partial charge in [-0.15, -0.1) is 16.4 Å². The van der Waals surface area contributed by atoms with Crippen molar-refractivity contribution in [3.8, 4) is 0 Å². The van der Waals surface area contributed by atoms with Gasteiger partial charge >= 0.3 is 5.97 Å². The lowest BCUT2D eigenvalue weighted by atomic mass is 9.95. The molecule has 3 rings (SSSR count). The van der Waals surface area contributed by atoms with Crippen molar-refractivity contribution in [2.45, 2.75) is 44.7 Å². The van der Waals surface area contributed by atoms with Crippen LogP contribution in [0, 0.1) is 5.92 Å². The van der Waals surface area contributed by atoms with E-state index in [9.17, 15) is 14.7 Å². The van der Waals surface area contributed by atoms with Crippen molar-refractivity contribution in [1.29, 1.82) is 0 Å². The molecule has 0 bridgehead atoms. The first-order valence-electron chi connectivity index (χ1n) is 8.09. The van der Waals surface area contributed by atoms with Gasteiger partial charge in [-0.25, -0.2) is 4.68 Å². The lowest BCUT2D eigenvalue weighted by Gasteiger charge is -2.22.